The molecule has 0 atom stereocenters. The molecule has 7 heteroatoms. The third-order valence-electron chi connectivity index (χ3n) is 5.16. The Hall–Kier alpha value is -3.35. The van der Waals surface area contributed by atoms with E-state index in [-0.39, 0.29) is 12.6 Å². The van der Waals surface area contributed by atoms with Gasteiger partial charge in [0.15, 0.2) is 12.2 Å². The molecule has 150 valence electrons. The summed E-state index contributed by atoms with van der Waals surface area (Å²) >= 11 is 0. The number of benzene rings is 2. The molecule has 0 bridgehead atoms. The fraction of sp³-hybridized carbons (Fsp3) is 0.318. The first-order chi connectivity index (χ1) is 14.1. The minimum Gasteiger partial charge on any atom is -0.454 e. The van der Waals surface area contributed by atoms with E-state index in [2.05, 4.69) is 15.6 Å². The highest BCUT2D eigenvalue weighted by Crippen LogP contribution is 2.31. The summed E-state index contributed by atoms with van der Waals surface area (Å²) in [6.45, 7) is 0.323. The Kier molecular flexibility index (Phi) is 5.46. The predicted octanol–water partition coefficient (Wildman–Crippen LogP) is 3.68. The fourth-order valence-corrected chi connectivity index (χ4v) is 3.65. The molecule has 2 N–H and O–H groups in total. The van der Waals surface area contributed by atoms with Crippen LogP contribution in [0.3, 0.4) is 0 Å². The summed E-state index contributed by atoms with van der Waals surface area (Å²) in [5, 5.41) is 5.66. The zero-order valence-corrected chi connectivity index (χ0v) is 16.0. The molecular weight excluding hydrogens is 370 g/mol. The van der Waals surface area contributed by atoms with Crippen LogP contribution in [0.4, 0.5) is 4.79 Å². The molecule has 1 aliphatic rings. The van der Waals surface area contributed by atoms with Crippen molar-refractivity contribution in [1.82, 2.24) is 15.6 Å². The normalized spacial score (nSPS) is 15.2. The maximum Gasteiger partial charge on any atom is 0.332 e. The first-order valence-electron chi connectivity index (χ1n) is 9.76. The van der Waals surface area contributed by atoms with Crippen molar-refractivity contribution in [2.24, 2.45) is 0 Å². The van der Waals surface area contributed by atoms with Crippen LogP contribution < -0.4 is 10.6 Å². The summed E-state index contributed by atoms with van der Waals surface area (Å²) in [5.74, 6) is -0.117. The molecule has 0 radical (unpaired) electrons. The highest BCUT2D eigenvalue weighted by Gasteiger charge is 2.44. The molecule has 1 heterocycles. The predicted molar refractivity (Wildman–Crippen MR) is 107 cm³/mol. The molecule has 2 aromatic carbocycles. The van der Waals surface area contributed by atoms with Crippen molar-refractivity contribution in [3.05, 3.63) is 66.1 Å². The summed E-state index contributed by atoms with van der Waals surface area (Å²) in [6.07, 6.45) is 2.82. The minimum absolute atomic E-state index is 0.0669. The smallest absolute Gasteiger partial charge is 0.332 e. The van der Waals surface area contributed by atoms with E-state index in [1.165, 1.54) is 0 Å². The molecule has 1 aromatic heterocycles. The number of hydrogen-bond donors (Lipinski definition) is 2. The van der Waals surface area contributed by atoms with Gasteiger partial charge in [0.1, 0.15) is 11.1 Å². The first kappa shape index (κ1) is 19.0. The van der Waals surface area contributed by atoms with Gasteiger partial charge >= 0.3 is 12.0 Å². The summed E-state index contributed by atoms with van der Waals surface area (Å²) < 4.78 is 11.1. The van der Waals surface area contributed by atoms with Gasteiger partial charge in [0.25, 0.3) is 0 Å². The molecular formula is C22H23N3O4. The second-order valence-electron chi connectivity index (χ2n) is 7.23. The molecule has 4 rings (SSSR count). The van der Waals surface area contributed by atoms with E-state index in [0.29, 0.717) is 36.4 Å². The number of nitrogens with one attached hydrogen (secondary N) is 2. The lowest BCUT2D eigenvalue weighted by atomic mass is 9.98. The van der Waals surface area contributed by atoms with Crippen LogP contribution in [0, 0.1) is 0 Å². The first-order valence-corrected chi connectivity index (χ1v) is 9.76. The van der Waals surface area contributed by atoms with Gasteiger partial charge in [-0.05, 0) is 30.5 Å². The van der Waals surface area contributed by atoms with Gasteiger partial charge < -0.3 is 19.8 Å². The van der Waals surface area contributed by atoms with Gasteiger partial charge in [-0.15, -0.1) is 0 Å². The van der Waals surface area contributed by atoms with Crippen LogP contribution in [0.1, 0.15) is 37.1 Å². The summed E-state index contributed by atoms with van der Waals surface area (Å²) in [7, 11) is 0. The molecule has 7 nitrogen and oxygen atoms in total. The van der Waals surface area contributed by atoms with Gasteiger partial charge in [-0.1, -0.05) is 55.3 Å². The Balaban J connectivity index is 1.36. The van der Waals surface area contributed by atoms with Crippen molar-refractivity contribution in [3.8, 4) is 0 Å². The molecule has 29 heavy (non-hydrogen) atoms. The van der Waals surface area contributed by atoms with Gasteiger partial charge in [0.2, 0.25) is 5.89 Å². The highest BCUT2D eigenvalue weighted by molar-refractivity contribution is 5.87. The van der Waals surface area contributed by atoms with Crippen LogP contribution in [-0.2, 0) is 22.7 Å². The third-order valence-corrected chi connectivity index (χ3v) is 5.16. The van der Waals surface area contributed by atoms with Crippen molar-refractivity contribution >= 4 is 23.1 Å². The molecule has 0 spiro atoms. The second-order valence-corrected chi connectivity index (χ2v) is 7.23. The van der Waals surface area contributed by atoms with Crippen LogP contribution in [-0.4, -0.2) is 22.5 Å². The topological polar surface area (TPSA) is 93.5 Å². The number of urea groups is 1. The molecule has 1 saturated carbocycles. The van der Waals surface area contributed by atoms with Crippen LogP contribution in [0.15, 0.2) is 59.0 Å². The Morgan fingerprint density at radius 2 is 1.76 bits per heavy atom. The molecule has 1 fully saturated rings. The zero-order chi connectivity index (χ0) is 20.1. The number of oxazole rings is 1. The van der Waals surface area contributed by atoms with Crippen molar-refractivity contribution < 1.29 is 18.7 Å². The Morgan fingerprint density at radius 3 is 2.52 bits per heavy atom. The highest BCUT2D eigenvalue weighted by atomic mass is 16.5. The van der Waals surface area contributed by atoms with Crippen LogP contribution >= 0.6 is 0 Å². The molecule has 3 aromatic rings. The number of para-hydroxylation sites is 2. The average Bonchev–Trinajstić information content (AvgIpc) is 3.38. The maximum atomic E-state index is 12.8. The van der Waals surface area contributed by atoms with E-state index < -0.39 is 11.5 Å². The van der Waals surface area contributed by atoms with Crippen LogP contribution in [0.5, 0.6) is 0 Å². The molecule has 2 amide bonds. The molecule has 0 saturated heterocycles. The van der Waals surface area contributed by atoms with Gasteiger partial charge in [0, 0.05) is 6.54 Å². The zero-order valence-electron chi connectivity index (χ0n) is 16.0. The van der Waals surface area contributed by atoms with Crippen molar-refractivity contribution in [2.75, 3.05) is 0 Å². The number of rotatable bonds is 6. The number of carbonyl (C=O) groups excluding carboxylic acids is 2. The number of nitrogens with zero attached hydrogens (tertiary/aromatic N) is 1. The van der Waals surface area contributed by atoms with Gasteiger partial charge in [0.05, 0.1) is 0 Å². The summed E-state index contributed by atoms with van der Waals surface area (Å²) in [6, 6.07) is 16.6. The lowest BCUT2D eigenvalue weighted by molar-refractivity contribution is -0.153. The van der Waals surface area contributed by atoms with Crippen molar-refractivity contribution in [3.63, 3.8) is 0 Å². The number of hydrogen-bond acceptors (Lipinski definition) is 5. The summed E-state index contributed by atoms with van der Waals surface area (Å²) in [4.78, 5) is 29.6. The minimum atomic E-state index is -1.01. The van der Waals surface area contributed by atoms with E-state index in [9.17, 15) is 9.59 Å². The number of aromatic nitrogens is 1. The number of amides is 2. The van der Waals surface area contributed by atoms with E-state index in [1.54, 1.807) is 0 Å². The number of fused-ring (bicyclic) bond motifs is 1. The lowest BCUT2D eigenvalue weighted by Gasteiger charge is -2.27. The maximum absolute atomic E-state index is 12.8. The number of esters is 1. The summed E-state index contributed by atoms with van der Waals surface area (Å²) in [5.41, 5.74) is 1.34. The van der Waals surface area contributed by atoms with Crippen molar-refractivity contribution in [2.45, 2.75) is 44.4 Å². The third kappa shape index (κ3) is 4.39. The molecule has 1 aliphatic carbocycles. The monoisotopic (exact) mass is 393 g/mol. The molecule has 0 unspecified atom stereocenters. The molecule has 0 aliphatic heterocycles. The van der Waals surface area contributed by atoms with Gasteiger partial charge in [-0.2, -0.15) is 0 Å². The van der Waals surface area contributed by atoms with Gasteiger partial charge in [-0.3, -0.25) is 0 Å². The SMILES string of the molecule is O=C(NCc1ccccc1)NC1(C(=O)OCc2nc3ccccc3o2)CCCC1. The van der Waals surface area contributed by atoms with E-state index in [1.807, 2.05) is 54.6 Å². The van der Waals surface area contributed by atoms with Crippen LogP contribution in [0.25, 0.3) is 11.1 Å². The van der Waals surface area contributed by atoms with Crippen molar-refractivity contribution in [1.29, 1.82) is 0 Å². The quantitative estimate of drug-likeness (QED) is 0.623. The van der Waals surface area contributed by atoms with E-state index in [4.69, 9.17) is 9.15 Å². The number of ether oxygens (including phenoxy) is 1. The Labute approximate surface area is 168 Å². The van der Waals surface area contributed by atoms with Crippen LogP contribution in [0.2, 0.25) is 0 Å². The largest absolute Gasteiger partial charge is 0.454 e. The standard InChI is InChI=1S/C22H23N3O4/c26-20(28-15-19-24-17-10-4-5-11-18(17)29-19)22(12-6-7-13-22)25-21(27)23-14-16-8-2-1-3-9-16/h1-5,8-11H,6-7,12-15H2,(H2,23,25,27). The number of carbonyl (C=O) groups is 2. The average molecular weight is 393 g/mol. The Bertz CT molecular complexity index is 960. The van der Waals surface area contributed by atoms with Gasteiger partial charge in [-0.25, -0.2) is 14.6 Å². The lowest BCUT2D eigenvalue weighted by Crippen LogP contribution is -2.56. The van der Waals surface area contributed by atoms with E-state index in [0.717, 1.165) is 18.4 Å². The Morgan fingerprint density at radius 1 is 1.03 bits per heavy atom. The fourth-order valence-electron chi connectivity index (χ4n) is 3.65. The second kappa shape index (κ2) is 8.34. The van der Waals surface area contributed by atoms with E-state index >= 15 is 0 Å².